The third kappa shape index (κ3) is 4.08. The number of hydrogen-bond donors (Lipinski definition) is 0. The fourth-order valence-corrected chi connectivity index (χ4v) is 0.883. The summed E-state index contributed by atoms with van der Waals surface area (Å²) in [6.07, 6.45) is 0.814. The third-order valence-electron chi connectivity index (χ3n) is 1.43. The van der Waals surface area contributed by atoms with E-state index < -0.39 is 12.3 Å². The van der Waals surface area contributed by atoms with Crippen LogP contribution in [0, 0.1) is 6.42 Å². The number of rotatable bonds is 0. The molecule has 2 unspecified atom stereocenters. The molecule has 1 fully saturated rings. The summed E-state index contributed by atoms with van der Waals surface area (Å²) >= 11 is 0. The van der Waals surface area contributed by atoms with Gasteiger partial charge in [0, 0.05) is 0 Å². The van der Waals surface area contributed by atoms with Crippen LogP contribution >= 0.6 is 0 Å². The van der Waals surface area contributed by atoms with Gasteiger partial charge in [0.25, 0.3) is 0 Å². The summed E-state index contributed by atoms with van der Waals surface area (Å²) in [5, 5.41) is 0. The summed E-state index contributed by atoms with van der Waals surface area (Å²) in [4.78, 5) is 0. The SMILES string of the molecule is FC1C[CH-]CCC1F.[Br-].[Mg+2]. The fourth-order valence-electron chi connectivity index (χ4n) is 0.883. The zero-order valence-corrected chi connectivity index (χ0v) is 8.69. The largest absolute Gasteiger partial charge is 2.00 e. The molecule has 0 saturated heterocycles. The quantitative estimate of drug-likeness (QED) is 0.353. The summed E-state index contributed by atoms with van der Waals surface area (Å²) in [6, 6.07) is 0. The Bertz CT molecular complexity index is 72.1. The molecule has 0 N–H and O–H groups in total. The Kier molecular flexibility index (Phi) is 9.29. The summed E-state index contributed by atoms with van der Waals surface area (Å²) < 4.78 is 24.4. The minimum absolute atomic E-state index is 0. The first-order valence-corrected chi connectivity index (χ1v) is 2.90. The van der Waals surface area contributed by atoms with Gasteiger partial charge < -0.3 is 23.4 Å². The Morgan fingerprint density at radius 1 is 1.20 bits per heavy atom. The van der Waals surface area contributed by atoms with Gasteiger partial charge in [-0.05, 0) is 6.42 Å². The van der Waals surface area contributed by atoms with Crippen molar-refractivity contribution in [3.63, 3.8) is 0 Å². The normalized spacial score (nSPS) is 31.8. The molecule has 0 bridgehead atoms. The van der Waals surface area contributed by atoms with Gasteiger partial charge in [0.05, 0.1) is 0 Å². The van der Waals surface area contributed by atoms with Crippen LogP contribution < -0.4 is 17.0 Å². The fraction of sp³-hybridized carbons (Fsp3) is 0.833. The third-order valence-corrected chi connectivity index (χ3v) is 1.43. The van der Waals surface area contributed by atoms with Gasteiger partial charge in [0.1, 0.15) is 12.3 Å². The first kappa shape index (κ1) is 13.7. The van der Waals surface area contributed by atoms with E-state index in [1.165, 1.54) is 0 Å². The standard InChI is InChI=1S/C6H9F2.BrH.Mg/c7-5-3-1-2-4-6(5)8;;/h1,5-6H,2-4H2;1H;/q-1;;+2/p-1. The van der Waals surface area contributed by atoms with E-state index in [9.17, 15) is 8.78 Å². The molecule has 0 spiro atoms. The van der Waals surface area contributed by atoms with Crippen LogP contribution in [0.2, 0.25) is 0 Å². The molecule has 56 valence electrons. The molecular formula is C6H9BrF2Mg. The Labute approximate surface area is 86.7 Å². The maximum absolute atomic E-state index is 12.2. The van der Waals surface area contributed by atoms with Crippen molar-refractivity contribution in [1.29, 1.82) is 0 Å². The van der Waals surface area contributed by atoms with Crippen LogP contribution in [0.15, 0.2) is 0 Å². The molecule has 1 aliphatic carbocycles. The van der Waals surface area contributed by atoms with Gasteiger partial charge in [-0.2, -0.15) is 6.42 Å². The number of hydrogen-bond acceptors (Lipinski definition) is 0. The van der Waals surface area contributed by atoms with Crippen LogP contribution in [-0.2, 0) is 0 Å². The molecule has 4 heteroatoms. The molecule has 10 heavy (non-hydrogen) atoms. The summed E-state index contributed by atoms with van der Waals surface area (Å²) in [5.41, 5.74) is 0. The number of alkyl halides is 2. The molecule has 0 amide bonds. The van der Waals surface area contributed by atoms with Gasteiger partial charge in [-0.15, -0.1) is 6.42 Å². The minimum atomic E-state index is -1.22. The second-order valence-corrected chi connectivity index (χ2v) is 2.13. The van der Waals surface area contributed by atoms with E-state index in [1.807, 2.05) is 0 Å². The maximum Gasteiger partial charge on any atom is 2.00 e. The monoisotopic (exact) mass is 222 g/mol. The molecule has 0 aromatic carbocycles. The van der Waals surface area contributed by atoms with Crippen molar-refractivity contribution in [2.45, 2.75) is 31.6 Å². The molecule has 0 aromatic heterocycles. The van der Waals surface area contributed by atoms with Crippen molar-refractivity contribution < 1.29 is 25.8 Å². The van der Waals surface area contributed by atoms with Crippen LogP contribution in [0.25, 0.3) is 0 Å². The Hall–Kier alpha value is 1.11. The van der Waals surface area contributed by atoms with E-state index in [1.54, 1.807) is 6.42 Å². The van der Waals surface area contributed by atoms with Crippen molar-refractivity contribution in [3.8, 4) is 0 Å². The molecule has 0 nitrogen and oxygen atoms in total. The van der Waals surface area contributed by atoms with Gasteiger partial charge in [0.15, 0.2) is 0 Å². The van der Waals surface area contributed by atoms with E-state index in [0.717, 1.165) is 6.42 Å². The van der Waals surface area contributed by atoms with Gasteiger partial charge in [0.2, 0.25) is 0 Å². The van der Waals surface area contributed by atoms with Crippen molar-refractivity contribution in [2.24, 2.45) is 0 Å². The Morgan fingerprint density at radius 3 is 2.10 bits per heavy atom. The predicted octanol–water partition coefficient (Wildman–Crippen LogP) is -1.33. The molecule has 0 aliphatic heterocycles. The van der Waals surface area contributed by atoms with Crippen LogP contribution in [0.1, 0.15) is 19.3 Å². The van der Waals surface area contributed by atoms with E-state index in [4.69, 9.17) is 0 Å². The molecule has 2 atom stereocenters. The average Bonchev–Trinajstić information content (AvgIpc) is 1.77. The number of halogens is 3. The second kappa shape index (κ2) is 6.79. The molecule has 1 rings (SSSR count). The smallest absolute Gasteiger partial charge is 1.00 e. The molecule has 0 aromatic rings. The van der Waals surface area contributed by atoms with Crippen LogP contribution in [-0.4, -0.2) is 35.4 Å². The zero-order chi connectivity index (χ0) is 5.98. The van der Waals surface area contributed by atoms with E-state index in [-0.39, 0.29) is 40.0 Å². The van der Waals surface area contributed by atoms with Gasteiger partial charge in [-0.1, -0.05) is 0 Å². The first-order valence-electron chi connectivity index (χ1n) is 2.90. The Balaban J connectivity index is 0. The zero-order valence-electron chi connectivity index (χ0n) is 5.69. The van der Waals surface area contributed by atoms with E-state index in [0.29, 0.717) is 12.8 Å². The van der Waals surface area contributed by atoms with Gasteiger partial charge in [-0.3, -0.25) is 0 Å². The maximum atomic E-state index is 12.2. The van der Waals surface area contributed by atoms with Crippen LogP contribution in [0.5, 0.6) is 0 Å². The van der Waals surface area contributed by atoms with Crippen LogP contribution in [0.4, 0.5) is 8.78 Å². The van der Waals surface area contributed by atoms with Crippen molar-refractivity contribution in [3.05, 3.63) is 6.42 Å². The van der Waals surface area contributed by atoms with Crippen molar-refractivity contribution in [1.82, 2.24) is 0 Å². The van der Waals surface area contributed by atoms with Gasteiger partial charge in [-0.25, -0.2) is 8.78 Å². The molecule has 1 aliphatic rings. The molecule has 0 radical (unpaired) electrons. The predicted molar refractivity (Wildman–Crippen MR) is 33.7 cm³/mol. The molecule has 0 heterocycles. The van der Waals surface area contributed by atoms with Gasteiger partial charge >= 0.3 is 23.1 Å². The average molecular weight is 223 g/mol. The van der Waals surface area contributed by atoms with Crippen molar-refractivity contribution >= 4 is 23.1 Å². The topological polar surface area (TPSA) is 0 Å². The second-order valence-electron chi connectivity index (χ2n) is 2.13. The Morgan fingerprint density at radius 2 is 1.80 bits per heavy atom. The summed E-state index contributed by atoms with van der Waals surface area (Å²) in [7, 11) is 0. The van der Waals surface area contributed by atoms with E-state index in [2.05, 4.69) is 0 Å². The summed E-state index contributed by atoms with van der Waals surface area (Å²) in [5.74, 6) is 0. The summed E-state index contributed by atoms with van der Waals surface area (Å²) in [6.45, 7) is 0. The minimum Gasteiger partial charge on any atom is -1.00 e. The first-order chi connectivity index (χ1) is 3.80. The van der Waals surface area contributed by atoms with Crippen LogP contribution in [0.3, 0.4) is 0 Å². The molecular weight excluding hydrogens is 214 g/mol. The van der Waals surface area contributed by atoms with Crippen molar-refractivity contribution in [2.75, 3.05) is 0 Å². The molecule has 1 saturated carbocycles. The van der Waals surface area contributed by atoms with E-state index >= 15 is 0 Å².